The SMILES string of the molecule is Clc1ccc(NCC2CCC2)c(Br)c1. The summed E-state index contributed by atoms with van der Waals surface area (Å²) in [7, 11) is 0. The first-order chi connectivity index (χ1) is 6.75. The van der Waals surface area contributed by atoms with Crippen LogP contribution in [0.25, 0.3) is 0 Å². The Labute approximate surface area is 98.0 Å². The zero-order valence-electron chi connectivity index (χ0n) is 7.89. The lowest BCUT2D eigenvalue weighted by molar-refractivity contribution is 0.333. The predicted octanol–water partition coefficient (Wildman–Crippen LogP) is 4.31. The van der Waals surface area contributed by atoms with Gasteiger partial charge in [0.05, 0.1) is 0 Å². The molecule has 1 aromatic carbocycles. The lowest BCUT2D eigenvalue weighted by Crippen LogP contribution is -2.20. The van der Waals surface area contributed by atoms with E-state index in [0.717, 1.165) is 27.6 Å². The molecule has 0 radical (unpaired) electrons. The zero-order chi connectivity index (χ0) is 9.97. The maximum atomic E-state index is 5.86. The Morgan fingerprint density at radius 2 is 2.21 bits per heavy atom. The highest BCUT2D eigenvalue weighted by Gasteiger charge is 2.16. The Balaban J connectivity index is 1.94. The Hall–Kier alpha value is -0.210. The van der Waals surface area contributed by atoms with Crippen LogP contribution < -0.4 is 5.32 Å². The Bertz CT molecular complexity index is 323. The van der Waals surface area contributed by atoms with Crippen LogP contribution in [0, 0.1) is 5.92 Å². The molecule has 76 valence electrons. The van der Waals surface area contributed by atoms with Crippen molar-refractivity contribution in [2.24, 2.45) is 5.92 Å². The molecule has 3 heteroatoms. The van der Waals surface area contributed by atoms with Crippen molar-refractivity contribution < 1.29 is 0 Å². The fourth-order valence-electron chi connectivity index (χ4n) is 1.58. The highest BCUT2D eigenvalue weighted by Crippen LogP contribution is 2.29. The van der Waals surface area contributed by atoms with Gasteiger partial charge in [0.15, 0.2) is 0 Å². The third kappa shape index (κ3) is 2.43. The van der Waals surface area contributed by atoms with Crippen molar-refractivity contribution in [2.75, 3.05) is 11.9 Å². The molecule has 1 nitrogen and oxygen atoms in total. The lowest BCUT2D eigenvalue weighted by atomic mass is 9.85. The fraction of sp³-hybridized carbons (Fsp3) is 0.455. The monoisotopic (exact) mass is 273 g/mol. The summed E-state index contributed by atoms with van der Waals surface area (Å²) in [5, 5.41) is 4.21. The van der Waals surface area contributed by atoms with E-state index < -0.39 is 0 Å². The van der Waals surface area contributed by atoms with Crippen LogP contribution in [0.4, 0.5) is 5.69 Å². The second-order valence-corrected chi connectivity index (χ2v) is 5.09. The summed E-state index contributed by atoms with van der Waals surface area (Å²) in [6.07, 6.45) is 4.14. The van der Waals surface area contributed by atoms with Crippen LogP contribution in [-0.2, 0) is 0 Å². The van der Waals surface area contributed by atoms with Crippen LogP contribution >= 0.6 is 27.5 Å². The minimum atomic E-state index is 0.770. The molecule has 0 spiro atoms. The van der Waals surface area contributed by atoms with Crippen molar-refractivity contribution in [1.29, 1.82) is 0 Å². The summed E-state index contributed by atoms with van der Waals surface area (Å²) in [5.74, 6) is 0.873. The number of halogens is 2. The van der Waals surface area contributed by atoms with Crippen molar-refractivity contribution in [1.82, 2.24) is 0 Å². The summed E-state index contributed by atoms with van der Waals surface area (Å²) >= 11 is 9.35. The topological polar surface area (TPSA) is 12.0 Å². The van der Waals surface area contributed by atoms with Crippen molar-refractivity contribution in [3.63, 3.8) is 0 Å². The minimum Gasteiger partial charge on any atom is -0.384 e. The zero-order valence-corrected chi connectivity index (χ0v) is 10.2. The van der Waals surface area contributed by atoms with Gasteiger partial charge in [-0.25, -0.2) is 0 Å². The lowest BCUT2D eigenvalue weighted by Gasteiger charge is -2.26. The third-order valence-corrected chi connectivity index (χ3v) is 3.63. The number of nitrogens with one attached hydrogen (secondary N) is 1. The second kappa shape index (κ2) is 4.54. The molecule has 0 heterocycles. The van der Waals surface area contributed by atoms with Crippen LogP contribution in [0.5, 0.6) is 0 Å². The number of anilines is 1. The molecule has 1 N–H and O–H groups in total. The summed E-state index contributed by atoms with van der Waals surface area (Å²) in [4.78, 5) is 0. The van der Waals surface area contributed by atoms with E-state index in [1.165, 1.54) is 19.3 Å². The van der Waals surface area contributed by atoms with Crippen molar-refractivity contribution in [3.05, 3.63) is 27.7 Å². The quantitative estimate of drug-likeness (QED) is 0.866. The van der Waals surface area contributed by atoms with E-state index in [1.807, 2.05) is 18.2 Å². The highest BCUT2D eigenvalue weighted by atomic mass is 79.9. The van der Waals surface area contributed by atoms with Gasteiger partial charge in [-0.05, 0) is 52.9 Å². The normalized spacial score (nSPS) is 16.4. The molecular weight excluding hydrogens is 261 g/mol. The molecule has 1 fully saturated rings. The molecular formula is C11H13BrClN. The predicted molar refractivity (Wildman–Crippen MR) is 65.0 cm³/mol. The van der Waals surface area contributed by atoms with Crippen LogP contribution in [0.2, 0.25) is 5.02 Å². The molecule has 0 aromatic heterocycles. The van der Waals surface area contributed by atoms with Gasteiger partial charge in [0.1, 0.15) is 0 Å². The number of rotatable bonds is 3. The van der Waals surface area contributed by atoms with E-state index in [1.54, 1.807) is 0 Å². The summed E-state index contributed by atoms with van der Waals surface area (Å²) in [6, 6.07) is 5.85. The van der Waals surface area contributed by atoms with Gasteiger partial charge in [0, 0.05) is 21.7 Å². The Morgan fingerprint density at radius 3 is 2.79 bits per heavy atom. The molecule has 0 amide bonds. The van der Waals surface area contributed by atoms with Crippen LogP contribution in [0.15, 0.2) is 22.7 Å². The smallest absolute Gasteiger partial charge is 0.0485 e. The Kier molecular flexibility index (Phi) is 3.34. The van der Waals surface area contributed by atoms with Crippen LogP contribution in [-0.4, -0.2) is 6.54 Å². The van der Waals surface area contributed by atoms with Crippen LogP contribution in [0.1, 0.15) is 19.3 Å². The molecule has 1 aromatic rings. The van der Waals surface area contributed by atoms with Gasteiger partial charge < -0.3 is 5.32 Å². The number of benzene rings is 1. The highest BCUT2D eigenvalue weighted by molar-refractivity contribution is 9.10. The van der Waals surface area contributed by atoms with E-state index >= 15 is 0 Å². The van der Waals surface area contributed by atoms with Gasteiger partial charge in [0.25, 0.3) is 0 Å². The van der Waals surface area contributed by atoms with E-state index in [0.29, 0.717) is 0 Å². The van der Waals surface area contributed by atoms with Crippen LogP contribution in [0.3, 0.4) is 0 Å². The molecule has 0 aliphatic heterocycles. The average Bonchev–Trinajstić information content (AvgIpc) is 2.05. The fourth-order valence-corrected chi connectivity index (χ4v) is 2.41. The van der Waals surface area contributed by atoms with Gasteiger partial charge in [-0.15, -0.1) is 0 Å². The van der Waals surface area contributed by atoms with Crippen molar-refractivity contribution >= 4 is 33.2 Å². The van der Waals surface area contributed by atoms with E-state index in [4.69, 9.17) is 11.6 Å². The maximum absolute atomic E-state index is 5.86. The molecule has 0 bridgehead atoms. The molecule has 0 atom stereocenters. The molecule has 1 aliphatic rings. The third-order valence-electron chi connectivity index (χ3n) is 2.74. The van der Waals surface area contributed by atoms with Crippen molar-refractivity contribution in [3.8, 4) is 0 Å². The standard InChI is InChI=1S/C11H13BrClN/c12-10-6-9(13)4-5-11(10)14-7-8-2-1-3-8/h4-6,8,14H,1-3,7H2. The molecule has 1 saturated carbocycles. The molecule has 14 heavy (non-hydrogen) atoms. The molecule has 1 aliphatic carbocycles. The van der Waals surface area contributed by atoms with Gasteiger partial charge in [-0.2, -0.15) is 0 Å². The average molecular weight is 275 g/mol. The maximum Gasteiger partial charge on any atom is 0.0485 e. The summed E-state index contributed by atoms with van der Waals surface area (Å²) < 4.78 is 1.05. The molecule has 0 unspecified atom stereocenters. The van der Waals surface area contributed by atoms with Crippen molar-refractivity contribution in [2.45, 2.75) is 19.3 Å². The summed E-state index contributed by atoms with van der Waals surface area (Å²) in [6.45, 7) is 1.08. The van der Waals surface area contributed by atoms with Gasteiger partial charge in [-0.1, -0.05) is 18.0 Å². The first-order valence-corrected chi connectivity index (χ1v) is 6.12. The molecule has 0 saturated heterocycles. The van der Waals surface area contributed by atoms with Gasteiger partial charge in [-0.3, -0.25) is 0 Å². The summed E-state index contributed by atoms with van der Waals surface area (Å²) in [5.41, 5.74) is 1.14. The van der Waals surface area contributed by atoms with E-state index in [9.17, 15) is 0 Å². The van der Waals surface area contributed by atoms with Gasteiger partial charge in [0.2, 0.25) is 0 Å². The Morgan fingerprint density at radius 1 is 1.43 bits per heavy atom. The minimum absolute atomic E-state index is 0.770. The van der Waals surface area contributed by atoms with E-state index in [2.05, 4.69) is 21.2 Å². The first-order valence-electron chi connectivity index (χ1n) is 4.94. The number of hydrogen-bond donors (Lipinski definition) is 1. The molecule has 2 rings (SSSR count). The van der Waals surface area contributed by atoms with E-state index in [-0.39, 0.29) is 0 Å². The number of hydrogen-bond acceptors (Lipinski definition) is 1. The van der Waals surface area contributed by atoms with Gasteiger partial charge >= 0.3 is 0 Å². The second-order valence-electron chi connectivity index (χ2n) is 3.80. The first kappa shape index (κ1) is 10.3. The largest absolute Gasteiger partial charge is 0.384 e.